The Morgan fingerprint density at radius 1 is 1.15 bits per heavy atom. The van der Waals surface area contributed by atoms with Crippen molar-refractivity contribution in [3.05, 3.63) is 46.7 Å². The molecule has 4 heteroatoms. The molecule has 3 rings (SSSR count). The quantitative estimate of drug-likeness (QED) is 0.743. The van der Waals surface area contributed by atoms with Gasteiger partial charge in [-0.3, -0.25) is 14.6 Å². The minimum absolute atomic E-state index is 0.0509. The van der Waals surface area contributed by atoms with E-state index in [1.165, 1.54) is 12.7 Å². The first-order chi connectivity index (χ1) is 12.2. The van der Waals surface area contributed by atoms with Gasteiger partial charge in [0.15, 0.2) is 5.78 Å². The first-order valence-corrected chi connectivity index (χ1v) is 9.23. The number of hydrogen-bond acceptors (Lipinski definition) is 4. The molecule has 138 valence electrons. The van der Waals surface area contributed by atoms with Crippen LogP contribution in [0, 0.1) is 5.92 Å². The van der Waals surface area contributed by atoms with Crippen LogP contribution in [0.2, 0.25) is 0 Å². The van der Waals surface area contributed by atoms with Crippen molar-refractivity contribution in [3.8, 4) is 0 Å². The molecule has 2 atom stereocenters. The van der Waals surface area contributed by atoms with Crippen molar-refractivity contribution < 1.29 is 14.3 Å². The number of Topliss-reactive ketones (excluding diaryl/α,β-unsaturated/α-hetero) is 1. The monoisotopic (exact) mass is 353 g/mol. The van der Waals surface area contributed by atoms with Crippen LogP contribution in [0.4, 0.5) is 0 Å². The molecule has 0 N–H and O–H groups in total. The summed E-state index contributed by atoms with van der Waals surface area (Å²) < 4.78 is 5.05. The molecule has 1 aliphatic carbocycles. The molecule has 26 heavy (non-hydrogen) atoms. The zero-order chi connectivity index (χ0) is 19.1. The van der Waals surface area contributed by atoms with Crippen molar-refractivity contribution in [2.24, 2.45) is 10.9 Å². The number of aliphatic imine (C=N–C) groups is 1. The van der Waals surface area contributed by atoms with Crippen molar-refractivity contribution in [1.82, 2.24) is 0 Å². The SMILES string of the molecule is COC(=O)C1C(C)=NC2=C(C(=O)CCC2)[C@@H]1c1ccc(C(C)(C)C)cc1. The van der Waals surface area contributed by atoms with E-state index >= 15 is 0 Å². The highest BCUT2D eigenvalue weighted by atomic mass is 16.5. The second-order valence-corrected chi connectivity index (χ2v) is 8.24. The molecule has 0 spiro atoms. The third-order valence-corrected chi connectivity index (χ3v) is 5.43. The predicted molar refractivity (Wildman–Crippen MR) is 102 cm³/mol. The minimum Gasteiger partial charge on any atom is -0.468 e. The summed E-state index contributed by atoms with van der Waals surface area (Å²) in [7, 11) is 1.39. The van der Waals surface area contributed by atoms with Crippen LogP contribution in [0.25, 0.3) is 0 Å². The molecular formula is C22H27NO3. The highest BCUT2D eigenvalue weighted by molar-refractivity contribution is 6.08. The average molecular weight is 353 g/mol. The summed E-state index contributed by atoms with van der Waals surface area (Å²) in [6, 6.07) is 8.29. The van der Waals surface area contributed by atoms with Gasteiger partial charge in [-0.15, -0.1) is 0 Å². The molecule has 0 fully saturated rings. The highest BCUT2D eigenvalue weighted by Crippen LogP contribution is 2.43. The fourth-order valence-electron chi connectivity index (χ4n) is 3.99. The van der Waals surface area contributed by atoms with Crippen LogP contribution in [0.15, 0.2) is 40.5 Å². The van der Waals surface area contributed by atoms with E-state index in [0.717, 1.165) is 29.8 Å². The Labute approximate surface area is 155 Å². The number of methoxy groups -OCH3 is 1. The zero-order valence-corrected chi connectivity index (χ0v) is 16.3. The van der Waals surface area contributed by atoms with Gasteiger partial charge in [-0.2, -0.15) is 0 Å². The molecule has 1 heterocycles. The largest absolute Gasteiger partial charge is 0.468 e. The molecule has 1 aromatic rings. The molecule has 0 bridgehead atoms. The molecule has 1 unspecified atom stereocenters. The van der Waals surface area contributed by atoms with Crippen molar-refractivity contribution in [1.29, 1.82) is 0 Å². The Hall–Kier alpha value is -2.23. The van der Waals surface area contributed by atoms with E-state index in [-0.39, 0.29) is 23.1 Å². The van der Waals surface area contributed by atoms with E-state index in [9.17, 15) is 9.59 Å². The van der Waals surface area contributed by atoms with E-state index in [0.29, 0.717) is 12.0 Å². The zero-order valence-electron chi connectivity index (χ0n) is 16.3. The maximum atomic E-state index is 12.7. The van der Waals surface area contributed by atoms with Gasteiger partial charge in [0.1, 0.15) is 5.92 Å². The number of benzene rings is 1. The molecule has 1 aliphatic heterocycles. The maximum absolute atomic E-state index is 12.7. The molecule has 0 saturated heterocycles. The molecule has 2 aliphatic rings. The van der Waals surface area contributed by atoms with E-state index < -0.39 is 5.92 Å². The molecular weight excluding hydrogens is 326 g/mol. The van der Waals surface area contributed by atoms with Gasteiger partial charge in [0, 0.05) is 29.3 Å². The van der Waals surface area contributed by atoms with Crippen molar-refractivity contribution >= 4 is 17.5 Å². The Balaban J connectivity index is 2.12. The number of hydrogen-bond donors (Lipinski definition) is 0. The molecule has 0 radical (unpaired) electrons. The number of nitrogens with zero attached hydrogens (tertiary/aromatic N) is 1. The molecule has 0 aromatic heterocycles. The number of ketones is 1. The lowest BCUT2D eigenvalue weighted by Crippen LogP contribution is -2.36. The summed E-state index contributed by atoms with van der Waals surface area (Å²) >= 11 is 0. The second kappa shape index (κ2) is 6.82. The van der Waals surface area contributed by atoms with Gasteiger partial charge in [0.25, 0.3) is 0 Å². The lowest BCUT2D eigenvalue weighted by molar-refractivity contribution is -0.143. The lowest BCUT2D eigenvalue weighted by Gasteiger charge is -2.34. The fraction of sp³-hybridized carbons (Fsp3) is 0.500. The van der Waals surface area contributed by atoms with Gasteiger partial charge in [0.05, 0.1) is 7.11 Å². The van der Waals surface area contributed by atoms with Crippen LogP contribution in [0.3, 0.4) is 0 Å². The van der Waals surface area contributed by atoms with Crippen LogP contribution >= 0.6 is 0 Å². The molecule has 1 aromatic carbocycles. The Bertz CT molecular complexity index is 794. The van der Waals surface area contributed by atoms with Gasteiger partial charge in [-0.25, -0.2) is 0 Å². The first-order valence-electron chi connectivity index (χ1n) is 9.23. The highest BCUT2D eigenvalue weighted by Gasteiger charge is 2.42. The molecule has 0 saturated carbocycles. The van der Waals surface area contributed by atoms with E-state index in [1.54, 1.807) is 0 Å². The Kier molecular flexibility index (Phi) is 4.87. The number of carbonyl (C=O) groups is 2. The first kappa shape index (κ1) is 18.6. The second-order valence-electron chi connectivity index (χ2n) is 8.24. The number of rotatable bonds is 2. The summed E-state index contributed by atoms with van der Waals surface area (Å²) in [5.74, 6) is -1.07. The number of carbonyl (C=O) groups excluding carboxylic acids is 2. The third kappa shape index (κ3) is 3.25. The van der Waals surface area contributed by atoms with Crippen molar-refractivity contribution in [3.63, 3.8) is 0 Å². The standard InChI is InChI=1S/C22H27NO3/c1-13-18(21(25)26-5)19(20-16(23-13)7-6-8-17(20)24)14-9-11-15(12-10-14)22(2,3)4/h9-12,18-19H,6-8H2,1-5H3/t18?,19-/m1/s1. The van der Waals surface area contributed by atoms with Crippen LogP contribution < -0.4 is 0 Å². The number of esters is 1. The van der Waals surface area contributed by atoms with Gasteiger partial charge in [-0.1, -0.05) is 45.0 Å². The molecule has 0 amide bonds. The summed E-state index contributed by atoms with van der Waals surface area (Å²) in [4.78, 5) is 29.9. The van der Waals surface area contributed by atoms with Crippen molar-refractivity contribution in [2.45, 2.75) is 58.3 Å². The van der Waals surface area contributed by atoms with Crippen LogP contribution in [0.1, 0.15) is 64.0 Å². The lowest BCUT2D eigenvalue weighted by atomic mass is 9.71. The number of allylic oxidation sites excluding steroid dienone is 2. The summed E-state index contributed by atoms with van der Waals surface area (Å²) in [5, 5.41) is 0. The maximum Gasteiger partial charge on any atom is 0.315 e. The number of ether oxygens (including phenoxy) is 1. The average Bonchev–Trinajstić information content (AvgIpc) is 2.59. The summed E-state index contributed by atoms with van der Waals surface area (Å²) in [6.07, 6.45) is 2.15. The Morgan fingerprint density at radius 2 is 1.81 bits per heavy atom. The summed E-state index contributed by atoms with van der Waals surface area (Å²) in [5.41, 5.74) is 4.54. The van der Waals surface area contributed by atoms with E-state index in [1.807, 2.05) is 19.1 Å². The van der Waals surface area contributed by atoms with Crippen molar-refractivity contribution in [2.75, 3.05) is 7.11 Å². The summed E-state index contributed by atoms with van der Waals surface area (Å²) in [6.45, 7) is 8.37. The topological polar surface area (TPSA) is 55.7 Å². The van der Waals surface area contributed by atoms with E-state index in [2.05, 4.69) is 37.9 Å². The van der Waals surface area contributed by atoms with Gasteiger partial charge >= 0.3 is 5.97 Å². The third-order valence-electron chi connectivity index (χ3n) is 5.43. The Morgan fingerprint density at radius 3 is 2.38 bits per heavy atom. The minimum atomic E-state index is -0.540. The van der Waals surface area contributed by atoms with Gasteiger partial charge < -0.3 is 4.74 Å². The smallest absolute Gasteiger partial charge is 0.315 e. The van der Waals surface area contributed by atoms with Gasteiger partial charge in [-0.05, 0) is 36.3 Å². The predicted octanol–water partition coefficient (Wildman–Crippen LogP) is 4.34. The van der Waals surface area contributed by atoms with Crippen LogP contribution in [-0.4, -0.2) is 24.6 Å². The van der Waals surface area contributed by atoms with Crippen LogP contribution in [-0.2, 0) is 19.7 Å². The molecule has 4 nitrogen and oxygen atoms in total. The fourth-order valence-corrected chi connectivity index (χ4v) is 3.99. The normalized spacial score (nSPS) is 23.4. The van der Waals surface area contributed by atoms with Gasteiger partial charge in [0.2, 0.25) is 0 Å². The van der Waals surface area contributed by atoms with Crippen LogP contribution in [0.5, 0.6) is 0 Å². The van der Waals surface area contributed by atoms with E-state index in [4.69, 9.17) is 4.74 Å².